The van der Waals surface area contributed by atoms with Gasteiger partial charge in [0.2, 0.25) is 0 Å². The van der Waals surface area contributed by atoms with Crippen LogP contribution in [0.4, 0.5) is 0 Å². The van der Waals surface area contributed by atoms with E-state index >= 15 is 0 Å². The maximum Gasteiger partial charge on any atom is 0.338 e. The van der Waals surface area contributed by atoms with Gasteiger partial charge in [-0.2, -0.15) is 0 Å². The Hall–Kier alpha value is -1.51. The third kappa shape index (κ3) is 1.39. The molecule has 84 valence electrons. The van der Waals surface area contributed by atoms with E-state index < -0.39 is 0 Å². The Labute approximate surface area is 94.0 Å². The van der Waals surface area contributed by atoms with Crippen molar-refractivity contribution in [2.75, 3.05) is 0 Å². The molecule has 2 unspecified atom stereocenters. The average Bonchev–Trinajstić information content (AvgIpc) is 2.29. The first-order valence-electron chi connectivity index (χ1n) is 5.79. The van der Waals surface area contributed by atoms with Crippen LogP contribution < -0.4 is 0 Å². The summed E-state index contributed by atoms with van der Waals surface area (Å²) in [7, 11) is 0. The summed E-state index contributed by atoms with van der Waals surface area (Å²) in [6.07, 6.45) is 4.44. The molecule has 0 bridgehead atoms. The van der Waals surface area contributed by atoms with Crippen LogP contribution in [0.2, 0.25) is 0 Å². The van der Waals surface area contributed by atoms with Crippen LogP contribution in [0.25, 0.3) is 0 Å². The predicted molar refractivity (Wildman–Crippen MR) is 58.5 cm³/mol. The van der Waals surface area contributed by atoms with Crippen molar-refractivity contribution in [3.8, 4) is 5.75 Å². The summed E-state index contributed by atoms with van der Waals surface area (Å²) in [6.45, 7) is 0. The SMILES string of the molecule is O=C1OC2CCCCC2c2ccc(O)cc21. The average molecular weight is 218 g/mol. The van der Waals surface area contributed by atoms with Crippen molar-refractivity contribution in [2.45, 2.75) is 37.7 Å². The van der Waals surface area contributed by atoms with E-state index in [0.29, 0.717) is 11.5 Å². The van der Waals surface area contributed by atoms with E-state index in [1.54, 1.807) is 6.07 Å². The molecule has 2 atom stereocenters. The van der Waals surface area contributed by atoms with Crippen LogP contribution in [0, 0.1) is 0 Å². The highest BCUT2D eigenvalue weighted by molar-refractivity contribution is 5.93. The van der Waals surface area contributed by atoms with Gasteiger partial charge in [0.15, 0.2) is 0 Å². The molecule has 1 fully saturated rings. The van der Waals surface area contributed by atoms with E-state index in [1.165, 1.54) is 12.5 Å². The molecule has 2 aliphatic rings. The summed E-state index contributed by atoms with van der Waals surface area (Å²) >= 11 is 0. The maximum atomic E-state index is 11.8. The number of benzene rings is 1. The van der Waals surface area contributed by atoms with Crippen LogP contribution in [0.5, 0.6) is 5.75 Å². The second-order valence-electron chi connectivity index (χ2n) is 4.61. The second-order valence-corrected chi connectivity index (χ2v) is 4.61. The number of hydrogen-bond donors (Lipinski definition) is 1. The first-order chi connectivity index (χ1) is 7.75. The predicted octanol–water partition coefficient (Wildman–Crippen LogP) is 2.59. The number of esters is 1. The molecule has 0 spiro atoms. The van der Waals surface area contributed by atoms with E-state index in [9.17, 15) is 9.90 Å². The third-order valence-electron chi connectivity index (χ3n) is 3.62. The Balaban J connectivity index is 2.08. The van der Waals surface area contributed by atoms with Gasteiger partial charge in [-0.3, -0.25) is 0 Å². The summed E-state index contributed by atoms with van der Waals surface area (Å²) in [5.41, 5.74) is 1.60. The van der Waals surface area contributed by atoms with E-state index in [1.807, 2.05) is 6.07 Å². The summed E-state index contributed by atoms with van der Waals surface area (Å²) in [5, 5.41) is 9.39. The fourth-order valence-electron chi connectivity index (χ4n) is 2.84. The van der Waals surface area contributed by atoms with Gasteiger partial charge in [0.25, 0.3) is 0 Å². The quantitative estimate of drug-likeness (QED) is 0.681. The zero-order chi connectivity index (χ0) is 11.1. The molecule has 1 heterocycles. The maximum absolute atomic E-state index is 11.8. The van der Waals surface area contributed by atoms with Crippen molar-refractivity contribution in [3.05, 3.63) is 29.3 Å². The van der Waals surface area contributed by atoms with Crippen LogP contribution >= 0.6 is 0 Å². The molecule has 0 amide bonds. The van der Waals surface area contributed by atoms with Crippen molar-refractivity contribution in [1.82, 2.24) is 0 Å². The number of carbonyl (C=O) groups is 1. The van der Waals surface area contributed by atoms with Crippen LogP contribution in [-0.2, 0) is 4.74 Å². The Morgan fingerprint density at radius 2 is 2.06 bits per heavy atom. The molecule has 1 aromatic carbocycles. The molecular weight excluding hydrogens is 204 g/mol. The highest BCUT2D eigenvalue weighted by atomic mass is 16.5. The largest absolute Gasteiger partial charge is 0.508 e. The summed E-state index contributed by atoms with van der Waals surface area (Å²) in [5.74, 6) is 0.182. The molecule has 3 nitrogen and oxygen atoms in total. The monoisotopic (exact) mass is 218 g/mol. The minimum absolute atomic E-state index is 0.0540. The lowest BCUT2D eigenvalue weighted by Gasteiger charge is -2.36. The van der Waals surface area contributed by atoms with Gasteiger partial charge in [0, 0.05) is 5.92 Å². The molecule has 1 aliphatic carbocycles. The Kier molecular flexibility index (Phi) is 2.13. The van der Waals surface area contributed by atoms with E-state index in [4.69, 9.17) is 4.74 Å². The van der Waals surface area contributed by atoms with Crippen molar-refractivity contribution in [1.29, 1.82) is 0 Å². The summed E-state index contributed by atoms with van der Waals surface area (Å²) in [6, 6.07) is 5.04. The van der Waals surface area contributed by atoms with Gasteiger partial charge in [-0.05, 0) is 37.0 Å². The third-order valence-corrected chi connectivity index (χ3v) is 3.62. The molecule has 0 aromatic heterocycles. The lowest BCUT2D eigenvalue weighted by atomic mass is 9.78. The molecule has 1 N–H and O–H groups in total. The highest BCUT2D eigenvalue weighted by Gasteiger charge is 2.36. The first kappa shape index (κ1) is 9.70. The molecule has 3 rings (SSSR count). The number of fused-ring (bicyclic) bond motifs is 3. The van der Waals surface area contributed by atoms with Gasteiger partial charge >= 0.3 is 5.97 Å². The number of hydrogen-bond acceptors (Lipinski definition) is 3. The molecule has 1 saturated carbocycles. The van der Waals surface area contributed by atoms with Gasteiger partial charge in [-0.1, -0.05) is 12.5 Å². The smallest absolute Gasteiger partial charge is 0.338 e. The van der Waals surface area contributed by atoms with Gasteiger partial charge in [0.05, 0.1) is 5.56 Å². The number of rotatable bonds is 0. The fraction of sp³-hybridized carbons (Fsp3) is 0.462. The van der Waals surface area contributed by atoms with E-state index in [0.717, 1.165) is 24.8 Å². The van der Waals surface area contributed by atoms with Crippen molar-refractivity contribution < 1.29 is 14.6 Å². The zero-order valence-electron chi connectivity index (χ0n) is 8.98. The van der Waals surface area contributed by atoms with Gasteiger partial charge in [-0.15, -0.1) is 0 Å². The molecule has 0 radical (unpaired) electrons. The minimum Gasteiger partial charge on any atom is -0.508 e. The molecule has 16 heavy (non-hydrogen) atoms. The van der Waals surface area contributed by atoms with Crippen LogP contribution in [0.1, 0.15) is 47.5 Å². The molecule has 1 aromatic rings. The topological polar surface area (TPSA) is 46.5 Å². The van der Waals surface area contributed by atoms with E-state index in [2.05, 4.69) is 0 Å². The lowest BCUT2D eigenvalue weighted by molar-refractivity contribution is 0.00763. The first-order valence-corrected chi connectivity index (χ1v) is 5.79. The Morgan fingerprint density at radius 3 is 2.94 bits per heavy atom. The Morgan fingerprint density at radius 1 is 1.25 bits per heavy atom. The van der Waals surface area contributed by atoms with Crippen LogP contribution in [0.15, 0.2) is 18.2 Å². The molecular formula is C13H14O3. The molecule has 3 heteroatoms. The number of aromatic hydroxyl groups is 1. The van der Waals surface area contributed by atoms with Gasteiger partial charge < -0.3 is 9.84 Å². The number of carbonyl (C=O) groups excluding carboxylic acids is 1. The summed E-state index contributed by atoms with van der Waals surface area (Å²) in [4.78, 5) is 11.8. The molecule has 1 aliphatic heterocycles. The minimum atomic E-state index is -0.283. The highest BCUT2D eigenvalue weighted by Crippen LogP contribution is 2.41. The number of phenols is 1. The molecule has 0 saturated heterocycles. The van der Waals surface area contributed by atoms with Crippen LogP contribution in [0.3, 0.4) is 0 Å². The van der Waals surface area contributed by atoms with Crippen molar-refractivity contribution >= 4 is 5.97 Å². The standard InChI is InChI=1S/C13H14O3/c14-8-5-6-9-10-3-1-2-4-12(10)16-13(15)11(9)7-8/h5-7,10,12,14H,1-4H2. The Bertz CT molecular complexity index is 439. The fourth-order valence-corrected chi connectivity index (χ4v) is 2.84. The van der Waals surface area contributed by atoms with E-state index in [-0.39, 0.29) is 17.8 Å². The second kappa shape index (κ2) is 3.51. The zero-order valence-corrected chi connectivity index (χ0v) is 8.98. The lowest BCUT2D eigenvalue weighted by Crippen LogP contribution is -2.34. The van der Waals surface area contributed by atoms with Crippen molar-refractivity contribution in [2.24, 2.45) is 0 Å². The normalized spacial score (nSPS) is 27.9. The van der Waals surface area contributed by atoms with Crippen molar-refractivity contribution in [3.63, 3.8) is 0 Å². The van der Waals surface area contributed by atoms with Gasteiger partial charge in [-0.25, -0.2) is 4.79 Å². The van der Waals surface area contributed by atoms with Crippen LogP contribution in [-0.4, -0.2) is 17.2 Å². The van der Waals surface area contributed by atoms with Gasteiger partial charge in [0.1, 0.15) is 11.9 Å². The number of phenolic OH excluding ortho intramolecular Hbond substituents is 1. The summed E-state index contributed by atoms with van der Waals surface area (Å²) < 4.78 is 5.42. The number of ether oxygens (including phenoxy) is 1.